The number of ether oxygens (including phenoxy) is 2. The number of hydrogen-bond acceptors (Lipinski definition) is 5. The smallest absolute Gasteiger partial charge is 0.293 e. The standard InChI is InChI=1S/C21H21NO4S/c1-25-17-11-10-16(13-18(17)26-2)14-19-20(23)22(21(24)27-19)12-6-9-15-7-4-3-5-8-15/h3-5,7-8,10-11,13-14H,6,9,12H2,1-2H3/b19-14+. The molecule has 140 valence electrons. The van der Waals surface area contributed by atoms with Crippen molar-refractivity contribution in [2.45, 2.75) is 12.8 Å². The molecule has 2 aromatic carbocycles. The number of benzene rings is 2. The number of hydrogen-bond donors (Lipinski definition) is 0. The first kappa shape index (κ1) is 19.0. The first-order valence-electron chi connectivity index (χ1n) is 8.63. The summed E-state index contributed by atoms with van der Waals surface area (Å²) in [5.74, 6) is 0.949. The van der Waals surface area contributed by atoms with Crippen molar-refractivity contribution in [2.24, 2.45) is 0 Å². The molecule has 0 spiro atoms. The summed E-state index contributed by atoms with van der Waals surface area (Å²) in [6.07, 6.45) is 3.28. The van der Waals surface area contributed by atoms with Crippen molar-refractivity contribution in [1.82, 2.24) is 4.90 Å². The molecule has 1 aliphatic heterocycles. The lowest BCUT2D eigenvalue weighted by Crippen LogP contribution is -2.29. The maximum absolute atomic E-state index is 12.6. The zero-order valence-electron chi connectivity index (χ0n) is 15.3. The normalized spacial score (nSPS) is 15.5. The molecule has 0 N–H and O–H groups in total. The SMILES string of the molecule is COc1ccc(/C=C2/SC(=O)N(CCCc3ccccc3)C2=O)cc1OC. The van der Waals surface area contributed by atoms with Crippen LogP contribution in [0.15, 0.2) is 53.4 Å². The molecule has 1 fully saturated rings. The first-order valence-corrected chi connectivity index (χ1v) is 9.45. The molecule has 0 radical (unpaired) electrons. The van der Waals surface area contributed by atoms with Gasteiger partial charge in [0.1, 0.15) is 0 Å². The molecule has 2 amide bonds. The molecule has 3 rings (SSSR count). The molecule has 1 saturated heterocycles. The van der Waals surface area contributed by atoms with Crippen molar-refractivity contribution in [2.75, 3.05) is 20.8 Å². The van der Waals surface area contributed by atoms with Gasteiger partial charge in [0.15, 0.2) is 11.5 Å². The number of thioether (sulfide) groups is 1. The van der Waals surface area contributed by atoms with E-state index in [2.05, 4.69) is 0 Å². The number of methoxy groups -OCH3 is 2. The summed E-state index contributed by atoms with van der Waals surface area (Å²) in [4.78, 5) is 26.6. The summed E-state index contributed by atoms with van der Waals surface area (Å²) in [7, 11) is 3.13. The first-order chi connectivity index (χ1) is 13.1. The van der Waals surface area contributed by atoms with E-state index in [9.17, 15) is 9.59 Å². The van der Waals surface area contributed by atoms with Gasteiger partial charge in [-0.15, -0.1) is 0 Å². The minimum Gasteiger partial charge on any atom is -0.493 e. The molecule has 0 atom stereocenters. The molecule has 5 nitrogen and oxygen atoms in total. The Morgan fingerprint density at radius 1 is 1.00 bits per heavy atom. The maximum Gasteiger partial charge on any atom is 0.293 e. The topological polar surface area (TPSA) is 55.8 Å². The highest BCUT2D eigenvalue weighted by atomic mass is 32.2. The Morgan fingerprint density at radius 2 is 1.74 bits per heavy atom. The maximum atomic E-state index is 12.6. The Labute approximate surface area is 163 Å². The molecule has 0 bridgehead atoms. The van der Waals surface area contributed by atoms with Gasteiger partial charge in [-0.3, -0.25) is 14.5 Å². The van der Waals surface area contributed by atoms with Crippen molar-refractivity contribution in [3.05, 3.63) is 64.6 Å². The van der Waals surface area contributed by atoms with Gasteiger partial charge in [0.25, 0.3) is 11.1 Å². The average Bonchev–Trinajstić information content (AvgIpc) is 2.96. The van der Waals surface area contributed by atoms with E-state index in [1.165, 1.54) is 10.5 Å². The number of nitrogens with zero attached hydrogens (tertiary/aromatic N) is 1. The Hall–Kier alpha value is -2.73. The van der Waals surface area contributed by atoms with Gasteiger partial charge in [0.2, 0.25) is 0 Å². The number of carbonyl (C=O) groups excluding carboxylic acids is 2. The lowest BCUT2D eigenvalue weighted by atomic mass is 10.1. The Balaban J connectivity index is 1.67. The van der Waals surface area contributed by atoms with E-state index >= 15 is 0 Å². The van der Waals surface area contributed by atoms with Crippen molar-refractivity contribution < 1.29 is 19.1 Å². The van der Waals surface area contributed by atoms with Gasteiger partial charge >= 0.3 is 0 Å². The molecule has 6 heteroatoms. The van der Waals surface area contributed by atoms with Crippen LogP contribution in [0.2, 0.25) is 0 Å². The Kier molecular flexibility index (Phi) is 6.19. The summed E-state index contributed by atoms with van der Waals surface area (Å²) in [6, 6.07) is 15.4. The molecule has 1 aliphatic rings. The quantitative estimate of drug-likeness (QED) is 0.665. The molecular formula is C21H21NO4S. The second-order valence-corrected chi connectivity index (χ2v) is 7.03. The van der Waals surface area contributed by atoms with Crippen LogP contribution in [0, 0.1) is 0 Å². The molecule has 0 saturated carbocycles. The van der Waals surface area contributed by atoms with Crippen LogP contribution < -0.4 is 9.47 Å². The number of carbonyl (C=O) groups is 2. The van der Waals surface area contributed by atoms with Gasteiger partial charge in [-0.1, -0.05) is 36.4 Å². The van der Waals surface area contributed by atoms with Gasteiger partial charge < -0.3 is 9.47 Å². The van der Waals surface area contributed by atoms with E-state index in [4.69, 9.17) is 9.47 Å². The highest BCUT2D eigenvalue weighted by molar-refractivity contribution is 8.18. The van der Waals surface area contributed by atoms with E-state index < -0.39 is 0 Å². The number of aryl methyl sites for hydroxylation is 1. The fourth-order valence-electron chi connectivity index (χ4n) is 2.87. The largest absolute Gasteiger partial charge is 0.493 e. The van der Waals surface area contributed by atoms with Crippen LogP contribution >= 0.6 is 11.8 Å². The summed E-state index contributed by atoms with van der Waals surface area (Å²) in [5.41, 5.74) is 1.98. The van der Waals surface area contributed by atoms with Crippen LogP contribution in [0.3, 0.4) is 0 Å². The molecular weight excluding hydrogens is 362 g/mol. The van der Waals surface area contributed by atoms with Crippen LogP contribution in [0.25, 0.3) is 6.08 Å². The lowest BCUT2D eigenvalue weighted by Gasteiger charge is -2.12. The Bertz CT molecular complexity index is 864. The predicted molar refractivity (Wildman–Crippen MR) is 107 cm³/mol. The third-order valence-corrected chi connectivity index (χ3v) is 5.18. The van der Waals surface area contributed by atoms with Crippen LogP contribution in [-0.2, 0) is 11.2 Å². The van der Waals surface area contributed by atoms with Gasteiger partial charge in [-0.05, 0) is 53.9 Å². The minimum atomic E-state index is -0.243. The fourth-order valence-corrected chi connectivity index (χ4v) is 3.74. The van der Waals surface area contributed by atoms with E-state index in [-0.39, 0.29) is 11.1 Å². The van der Waals surface area contributed by atoms with Gasteiger partial charge in [0, 0.05) is 6.54 Å². The predicted octanol–water partition coefficient (Wildman–Crippen LogP) is 4.37. The summed E-state index contributed by atoms with van der Waals surface area (Å²) in [6.45, 7) is 0.419. The van der Waals surface area contributed by atoms with Crippen LogP contribution in [0.4, 0.5) is 4.79 Å². The van der Waals surface area contributed by atoms with Crippen molar-refractivity contribution in [3.63, 3.8) is 0 Å². The van der Waals surface area contributed by atoms with E-state index in [1.807, 2.05) is 36.4 Å². The van der Waals surface area contributed by atoms with E-state index in [0.29, 0.717) is 22.9 Å². The zero-order chi connectivity index (χ0) is 19.2. The van der Waals surface area contributed by atoms with Crippen molar-refractivity contribution in [1.29, 1.82) is 0 Å². The summed E-state index contributed by atoms with van der Waals surface area (Å²) < 4.78 is 10.5. The van der Waals surface area contributed by atoms with Crippen LogP contribution in [0.1, 0.15) is 17.5 Å². The highest BCUT2D eigenvalue weighted by Crippen LogP contribution is 2.34. The van der Waals surface area contributed by atoms with Gasteiger partial charge in [-0.2, -0.15) is 0 Å². The van der Waals surface area contributed by atoms with Gasteiger partial charge in [-0.25, -0.2) is 0 Å². The van der Waals surface area contributed by atoms with Crippen molar-refractivity contribution >= 4 is 29.0 Å². The highest BCUT2D eigenvalue weighted by Gasteiger charge is 2.34. The molecule has 0 unspecified atom stereocenters. The molecule has 0 aliphatic carbocycles. The lowest BCUT2D eigenvalue weighted by molar-refractivity contribution is -0.122. The van der Waals surface area contributed by atoms with E-state index in [0.717, 1.165) is 30.2 Å². The van der Waals surface area contributed by atoms with Gasteiger partial charge in [0.05, 0.1) is 19.1 Å². The third kappa shape index (κ3) is 4.52. The molecule has 2 aromatic rings. The summed E-state index contributed by atoms with van der Waals surface area (Å²) in [5, 5.41) is -0.222. The molecule has 0 aromatic heterocycles. The monoisotopic (exact) mass is 383 g/mol. The third-order valence-electron chi connectivity index (χ3n) is 4.27. The van der Waals surface area contributed by atoms with Crippen LogP contribution in [-0.4, -0.2) is 36.8 Å². The second-order valence-electron chi connectivity index (χ2n) is 6.04. The van der Waals surface area contributed by atoms with Crippen LogP contribution in [0.5, 0.6) is 11.5 Å². The second kappa shape index (κ2) is 8.77. The minimum absolute atomic E-state index is 0.222. The number of rotatable bonds is 7. The molecule has 1 heterocycles. The molecule has 27 heavy (non-hydrogen) atoms. The van der Waals surface area contributed by atoms with Crippen molar-refractivity contribution in [3.8, 4) is 11.5 Å². The Morgan fingerprint density at radius 3 is 2.44 bits per heavy atom. The number of imide groups is 1. The number of amides is 2. The average molecular weight is 383 g/mol. The summed E-state index contributed by atoms with van der Waals surface area (Å²) >= 11 is 0.973. The fraction of sp³-hybridized carbons (Fsp3) is 0.238. The zero-order valence-corrected chi connectivity index (χ0v) is 16.1. The van der Waals surface area contributed by atoms with E-state index in [1.54, 1.807) is 32.4 Å².